The summed E-state index contributed by atoms with van der Waals surface area (Å²) in [6.45, 7) is 3.94. The van der Waals surface area contributed by atoms with Crippen molar-refractivity contribution in [2.45, 2.75) is 25.5 Å². The third-order valence-electron chi connectivity index (χ3n) is 4.81. The number of nitrogens with zero attached hydrogens (tertiary/aromatic N) is 2. The number of rotatable bonds is 6. The maximum Gasteiger partial charge on any atom is 0.215 e. The largest absolute Gasteiger partial charge is 0.371 e. The molecule has 0 unspecified atom stereocenters. The summed E-state index contributed by atoms with van der Waals surface area (Å²) >= 11 is 0. The number of aryl methyl sites for hydroxylation is 1. The average Bonchev–Trinajstić information content (AvgIpc) is 2.63. The molecule has 146 valence electrons. The Balaban J connectivity index is 1.51. The van der Waals surface area contributed by atoms with E-state index < -0.39 is 27.4 Å². The smallest absolute Gasteiger partial charge is 0.215 e. The number of hydrogen-bond donors (Lipinski definition) is 1. The molecule has 0 saturated carbocycles. The minimum Gasteiger partial charge on any atom is -0.371 e. The van der Waals surface area contributed by atoms with Gasteiger partial charge in [0, 0.05) is 42.8 Å². The van der Waals surface area contributed by atoms with Gasteiger partial charge in [0.2, 0.25) is 10.0 Å². The quantitative estimate of drug-likeness (QED) is 0.817. The molecule has 1 aromatic carbocycles. The predicted molar refractivity (Wildman–Crippen MR) is 101 cm³/mol. The van der Waals surface area contributed by atoms with Crippen LogP contribution >= 0.6 is 0 Å². The molecule has 3 rings (SSSR count). The molecule has 2 aromatic rings. The monoisotopic (exact) mass is 395 g/mol. The molecule has 1 fully saturated rings. The van der Waals surface area contributed by atoms with Gasteiger partial charge < -0.3 is 4.90 Å². The van der Waals surface area contributed by atoms with Gasteiger partial charge in [0.05, 0.1) is 5.75 Å². The van der Waals surface area contributed by atoms with Crippen LogP contribution in [0.2, 0.25) is 0 Å². The van der Waals surface area contributed by atoms with Crippen LogP contribution in [0.25, 0.3) is 0 Å². The molecule has 1 aliphatic heterocycles. The van der Waals surface area contributed by atoms with Crippen LogP contribution < -0.4 is 9.62 Å². The minimum absolute atomic E-state index is 0.162. The van der Waals surface area contributed by atoms with Crippen LogP contribution in [0.15, 0.2) is 36.5 Å². The van der Waals surface area contributed by atoms with E-state index in [9.17, 15) is 17.2 Å². The lowest BCUT2D eigenvalue weighted by molar-refractivity contribution is 0.402. The summed E-state index contributed by atoms with van der Waals surface area (Å²) in [4.78, 5) is 6.46. The van der Waals surface area contributed by atoms with Crippen molar-refractivity contribution in [3.63, 3.8) is 0 Å². The maximum atomic E-state index is 13.7. The zero-order valence-corrected chi connectivity index (χ0v) is 16.0. The van der Waals surface area contributed by atoms with Gasteiger partial charge in [0.1, 0.15) is 11.6 Å². The highest BCUT2D eigenvalue weighted by Crippen LogP contribution is 2.23. The van der Waals surface area contributed by atoms with E-state index in [1.54, 1.807) is 6.20 Å². The van der Waals surface area contributed by atoms with Crippen LogP contribution in [0, 0.1) is 24.5 Å². The third-order valence-corrected chi connectivity index (χ3v) is 6.10. The van der Waals surface area contributed by atoms with E-state index in [0.29, 0.717) is 6.54 Å². The van der Waals surface area contributed by atoms with Gasteiger partial charge in [-0.15, -0.1) is 0 Å². The SMILES string of the molecule is Cc1cc(N2CCC(CNS(=O)(=O)Cc3cc(F)ccc3F)CC2)ccn1. The highest BCUT2D eigenvalue weighted by atomic mass is 32.2. The number of pyridine rings is 1. The second-order valence-electron chi connectivity index (χ2n) is 6.93. The van der Waals surface area contributed by atoms with Gasteiger partial charge in [-0.25, -0.2) is 21.9 Å². The molecule has 0 spiro atoms. The lowest BCUT2D eigenvalue weighted by Gasteiger charge is -2.33. The highest BCUT2D eigenvalue weighted by Gasteiger charge is 2.22. The first-order valence-corrected chi connectivity index (χ1v) is 10.6. The van der Waals surface area contributed by atoms with Crippen molar-refractivity contribution in [1.29, 1.82) is 0 Å². The van der Waals surface area contributed by atoms with Crippen LogP contribution in [0.5, 0.6) is 0 Å². The van der Waals surface area contributed by atoms with Crippen molar-refractivity contribution < 1.29 is 17.2 Å². The Morgan fingerprint density at radius 2 is 1.93 bits per heavy atom. The lowest BCUT2D eigenvalue weighted by atomic mass is 9.97. The fourth-order valence-corrected chi connectivity index (χ4v) is 4.50. The Kier molecular flexibility index (Phi) is 6.06. The van der Waals surface area contributed by atoms with Gasteiger partial charge in [-0.3, -0.25) is 4.98 Å². The van der Waals surface area contributed by atoms with Crippen molar-refractivity contribution in [1.82, 2.24) is 9.71 Å². The molecule has 1 saturated heterocycles. The maximum absolute atomic E-state index is 13.7. The number of nitrogens with one attached hydrogen (secondary N) is 1. The molecule has 0 radical (unpaired) electrons. The molecule has 8 heteroatoms. The Morgan fingerprint density at radius 1 is 1.19 bits per heavy atom. The molecule has 0 bridgehead atoms. The molecule has 5 nitrogen and oxygen atoms in total. The standard InChI is InChI=1S/C19H23F2N3O2S/c1-14-10-18(4-7-22-14)24-8-5-15(6-9-24)12-23-27(25,26)13-16-11-17(20)2-3-19(16)21/h2-4,7,10-11,15,23H,5-6,8-9,12-13H2,1H3. The summed E-state index contributed by atoms with van der Waals surface area (Å²) in [5, 5.41) is 0. The first-order valence-electron chi connectivity index (χ1n) is 8.91. The summed E-state index contributed by atoms with van der Waals surface area (Å²) in [6, 6.07) is 6.84. The third kappa shape index (κ3) is 5.46. The molecule has 0 aliphatic carbocycles. The lowest BCUT2D eigenvalue weighted by Crippen LogP contribution is -2.39. The Labute approximate surface area is 158 Å². The summed E-state index contributed by atoms with van der Waals surface area (Å²) in [6.07, 6.45) is 3.51. The number of halogens is 2. The Morgan fingerprint density at radius 3 is 2.63 bits per heavy atom. The van der Waals surface area contributed by atoms with E-state index >= 15 is 0 Å². The Hall–Kier alpha value is -2.06. The van der Waals surface area contributed by atoms with E-state index in [0.717, 1.165) is 55.5 Å². The minimum atomic E-state index is -3.72. The number of anilines is 1. The fourth-order valence-electron chi connectivity index (χ4n) is 3.28. The first kappa shape index (κ1) is 19.7. The van der Waals surface area contributed by atoms with Gasteiger partial charge in [-0.1, -0.05) is 0 Å². The molecular weight excluding hydrogens is 372 g/mol. The molecule has 1 N–H and O–H groups in total. The molecule has 0 atom stereocenters. The van der Waals surface area contributed by atoms with Crippen LogP contribution in [0.3, 0.4) is 0 Å². The number of piperidine rings is 1. The highest BCUT2D eigenvalue weighted by molar-refractivity contribution is 7.88. The fraction of sp³-hybridized carbons (Fsp3) is 0.421. The predicted octanol–water partition coefficient (Wildman–Crippen LogP) is 3.00. The molecule has 27 heavy (non-hydrogen) atoms. The first-order chi connectivity index (χ1) is 12.8. The van der Waals surface area contributed by atoms with E-state index in [1.165, 1.54) is 0 Å². The van der Waals surface area contributed by atoms with Crippen molar-refractivity contribution in [3.05, 3.63) is 59.4 Å². The van der Waals surface area contributed by atoms with Crippen molar-refractivity contribution >= 4 is 15.7 Å². The van der Waals surface area contributed by atoms with E-state index in [1.807, 2.05) is 19.1 Å². The summed E-state index contributed by atoms with van der Waals surface area (Å²) in [5.41, 5.74) is 1.93. The van der Waals surface area contributed by atoms with E-state index in [4.69, 9.17) is 0 Å². The molecule has 1 aliphatic rings. The van der Waals surface area contributed by atoms with Crippen molar-refractivity contribution in [2.24, 2.45) is 5.92 Å². The summed E-state index contributed by atoms with van der Waals surface area (Å²) in [5.74, 6) is -1.72. The van der Waals surface area contributed by atoms with Gasteiger partial charge >= 0.3 is 0 Å². The summed E-state index contributed by atoms with van der Waals surface area (Å²) in [7, 11) is -3.72. The van der Waals surface area contributed by atoms with Gasteiger partial charge in [-0.05, 0) is 56.0 Å². The topological polar surface area (TPSA) is 62.3 Å². The van der Waals surface area contributed by atoms with Gasteiger partial charge in [-0.2, -0.15) is 0 Å². The molecular formula is C19H23F2N3O2S. The van der Waals surface area contributed by atoms with Crippen molar-refractivity contribution in [2.75, 3.05) is 24.5 Å². The average molecular weight is 395 g/mol. The molecule has 1 aromatic heterocycles. The summed E-state index contributed by atoms with van der Waals surface area (Å²) < 4.78 is 53.8. The van der Waals surface area contributed by atoms with Crippen LogP contribution in [0.1, 0.15) is 24.1 Å². The zero-order valence-electron chi connectivity index (χ0n) is 15.2. The number of benzene rings is 1. The number of aromatic nitrogens is 1. The van der Waals surface area contributed by atoms with Crippen LogP contribution in [-0.2, 0) is 15.8 Å². The van der Waals surface area contributed by atoms with E-state index in [2.05, 4.69) is 14.6 Å². The zero-order chi connectivity index (χ0) is 19.4. The number of hydrogen-bond acceptors (Lipinski definition) is 4. The molecule has 2 heterocycles. The van der Waals surface area contributed by atoms with Crippen LogP contribution in [0.4, 0.5) is 14.5 Å². The van der Waals surface area contributed by atoms with Crippen LogP contribution in [-0.4, -0.2) is 33.0 Å². The second kappa shape index (κ2) is 8.31. The molecule has 0 amide bonds. The van der Waals surface area contributed by atoms with Crippen molar-refractivity contribution in [3.8, 4) is 0 Å². The Bertz CT molecular complexity index is 898. The van der Waals surface area contributed by atoms with Gasteiger partial charge in [0.15, 0.2) is 0 Å². The second-order valence-corrected chi connectivity index (χ2v) is 8.74. The normalized spacial score (nSPS) is 15.9. The number of sulfonamides is 1. The van der Waals surface area contributed by atoms with E-state index in [-0.39, 0.29) is 11.5 Å². The van der Waals surface area contributed by atoms with Gasteiger partial charge in [0.25, 0.3) is 0 Å².